The highest BCUT2D eigenvalue weighted by Crippen LogP contribution is 2.36. The fourth-order valence-electron chi connectivity index (χ4n) is 1.98. The summed E-state index contributed by atoms with van der Waals surface area (Å²) in [6.07, 6.45) is 6.82. The van der Waals surface area contributed by atoms with Crippen LogP contribution in [0.1, 0.15) is 38.6 Å². The molecule has 1 aromatic heterocycles. The van der Waals surface area contributed by atoms with Gasteiger partial charge in [0.2, 0.25) is 0 Å². The molecule has 0 atom stereocenters. The summed E-state index contributed by atoms with van der Waals surface area (Å²) in [6.45, 7) is 1.70. The lowest BCUT2D eigenvalue weighted by molar-refractivity contribution is 0.102. The Morgan fingerprint density at radius 1 is 1.57 bits per heavy atom. The van der Waals surface area contributed by atoms with Gasteiger partial charge in [0.1, 0.15) is 5.67 Å². The minimum Gasteiger partial charge on any atom is -0.269 e. The average molecular weight is 261 g/mol. The quantitative estimate of drug-likeness (QED) is 0.756. The van der Waals surface area contributed by atoms with E-state index in [0.29, 0.717) is 18.9 Å². The number of nitrogens with zero attached hydrogens (tertiary/aromatic N) is 2. The smallest absolute Gasteiger partial charge is 0.108 e. The summed E-state index contributed by atoms with van der Waals surface area (Å²) in [5, 5.41) is 4.23. The van der Waals surface area contributed by atoms with E-state index >= 15 is 0 Å². The van der Waals surface area contributed by atoms with E-state index in [2.05, 4.69) is 21.0 Å². The Kier molecular flexibility index (Phi) is 2.64. The standard InChI is InChI=1S/C10H14BrFN2/c1-10(12)4-2-9(3-5-10)14-7-8(11)6-13-14/h6-7,9H,2-5H2,1H3. The monoisotopic (exact) mass is 260 g/mol. The second kappa shape index (κ2) is 3.65. The normalized spacial score (nSPS) is 33.2. The molecule has 1 saturated carbocycles. The first-order valence-corrected chi connectivity index (χ1v) is 5.75. The van der Waals surface area contributed by atoms with Gasteiger partial charge in [-0.05, 0) is 48.5 Å². The molecule has 0 bridgehead atoms. The Morgan fingerprint density at radius 2 is 2.21 bits per heavy atom. The van der Waals surface area contributed by atoms with Gasteiger partial charge in [0.15, 0.2) is 0 Å². The molecular weight excluding hydrogens is 247 g/mol. The topological polar surface area (TPSA) is 17.8 Å². The summed E-state index contributed by atoms with van der Waals surface area (Å²) in [5.41, 5.74) is -0.957. The molecule has 0 N–H and O–H groups in total. The van der Waals surface area contributed by atoms with Crippen molar-refractivity contribution in [1.82, 2.24) is 9.78 Å². The van der Waals surface area contributed by atoms with E-state index in [-0.39, 0.29) is 0 Å². The van der Waals surface area contributed by atoms with Gasteiger partial charge in [-0.15, -0.1) is 0 Å². The zero-order chi connectivity index (χ0) is 10.2. The lowest BCUT2D eigenvalue weighted by atomic mass is 9.85. The summed E-state index contributed by atoms with van der Waals surface area (Å²) in [7, 11) is 0. The van der Waals surface area contributed by atoms with Gasteiger partial charge in [-0.25, -0.2) is 4.39 Å². The Morgan fingerprint density at radius 3 is 2.71 bits per heavy atom. The van der Waals surface area contributed by atoms with E-state index < -0.39 is 5.67 Å². The van der Waals surface area contributed by atoms with Gasteiger partial charge in [-0.2, -0.15) is 5.10 Å². The molecule has 2 rings (SSSR count). The summed E-state index contributed by atoms with van der Waals surface area (Å²) in [6, 6.07) is 0.380. The molecule has 1 aliphatic rings. The van der Waals surface area contributed by atoms with Crippen LogP contribution in [-0.2, 0) is 0 Å². The zero-order valence-corrected chi connectivity index (χ0v) is 9.80. The summed E-state index contributed by atoms with van der Waals surface area (Å²) < 4.78 is 16.5. The van der Waals surface area contributed by atoms with Gasteiger partial charge in [0, 0.05) is 6.20 Å². The second-order valence-corrected chi connectivity index (χ2v) is 5.20. The molecule has 0 unspecified atom stereocenters. The van der Waals surface area contributed by atoms with E-state index in [1.165, 1.54) is 0 Å². The van der Waals surface area contributed by atoms with Crippen molar-refractivity contribution in [2.45, 2.75) is 44.3 Å². The van der Waals surface area contributed by atoms with Gasteiger partial charge < -0.3 is 0 Å². The number of alkyl halides is 1. The Balaban J connectivity index is 2.02. The maximum Gasteiger partial charge on any atom is 0.108 e. The van der Waals surface area contributed by atoms with Crippen molar-refractivity contribution >= 4 is 15.9 Å². The molecule has 2 nitrogen and oxygen atoms in total. The summed E-state index contributed by atoms with van der Waals surface area (Å²) in [5.74, 6) is 0. The molecule has 1 aromatic rings. The van der Waals surface area contributed by atoms with Gasteiger partial charge in [-0.3, -0.25) is 4.68 Å². The van der Waals surface area contributed by atoms with Gasteiger partial charge in [0.25, 0.3) is 0 Å². The first kappa shape index (κ1) is 10.1. The Labute approximate surface area is 91.6 Å². The molecule has 0 radical (unpaired) electrons. The fraction of sp³-hybridized carbons (Fsp3) is 0.700. The molecule has 0 amide bonds. The summed E-state index contributed by atoms with van der Waals surface area (Å²) in [4.78, 5) is 0. The number of rotatable bonds is 1. The van der Waals surface area contributed by atoms with Crippen molar-refractivity contribution in [1.29, 1.82) is 0 Å². The zero-order valence-electron chi connectivity index (χ0n) is 8.21. The lowest BCUT2D eigenvalue weighted by Gasteiger charge is -2.31. The van der Waals surface area contributed by atoms with Crippen molar-refractivity contribution in [3.8, 4) is 0 Å². The summed E-state index contributed by atoms with van der Waals surface area (Å²) >= 11 is 3.36. The molecule has 0 spiro atoms. The highest BCUT2D eigenvalue weighted by molar-refractivity contribution is 9.10. The molecule has 14 heavy (non-hydrogen) atoms. The van der Waals surface area contributed by atoms with E-state index in [1.807, 2.05) is 10.9 Å². The third-order valence-corrected chi connectivity index (χ3v) is 3.35. The van der Waals surface area contributed by atoms with Gasteiger partial charge >= 0.3 is 0 Å². The van der Waals surface area contributed by atoms with Crippen molar-refractivity contribution in [2.24, 2.45) is 0 Å². The van der Waals surface area contributed by atoms with Crippen molar-refractivity contribution in [3.63, 3.8) is 0 Å². The molecule has 0 aromatic carbocycles. The largest absolute Gasteiger partial charge is 0.269 e. The predicted octanol–water partition coefficient (Wildman–Crippen LogP) is 3.49. The van der Waals surface area contributed by atoms with Crippen LogP contribution in [-0.4, -0.2) is 15.4 Å². The number of halogens is 2. The molecular formula is C10H14BrFN2. The maximum atomic E-state index is 13.5. The molecule has 1 fully saturated rings. The van der Waals surface area contributed by atoms with Crippen LogP contribution in [0, 0.1) is 0 Å². The maximum absolute atomic E-state index is 13.5. The third kappa shape index (κ3) is 2.16. The lowest BCUT2D eigenvalue weighted by Crippen LogP contribution is -2.27. The molecule has 0 aliphatic heterocycles. The SMILES string of the molecule is CC1(F)CCC(n2cc(Br)cn2)CC1. The highest BCUT2D eigenvalue weighted by Gasteiger charge is 2.31. The van der Waals surface area contributed by atoms with Crippen LogP contribution < -0.4 is 0 Å². The molecule has 1 heterocycles. The van der Waals surface area contributed by atoms with E-state index in [4.69, 9.17) is 0 Å². The Bertz CT molecular complexity index is 312. The Hall–Kier alpha value is -0.380. The van der Waals surface area contributed by atoms with Crippen LogP contribution in [0.15, 0.2) is 16.9 Å². The predicted molar refractivity (Wildman–Crippen MR) is 56.9 cm³/mol. The number of hydrogen-bond donors (Lipinski definition) is 0. The minimum absolute atomic E-state index is 0.380. The highest BCUT2D eigenvalue weighted by atomic mass is 79.9. The van der Waals surface area contributed by atoms with Crippen LogP contribution >= 0.6 is 15.9 Å². The van der Waals surface area contributed by atoms with E-state index in [0.717, 1.165) is 17.3 Å². The molecule has 4 heteroatoms. The van der Waals surface area contributed by atoms with Crippen molar-refractivity contribution < 1.29 is 4.39 Å². The number of aromatic nitrogens is 2. The van der Waals surface area contributed by atoms with Crippen LogP contribution in [0.25, 0.3) is 0 Å². The molecule has 1 aliphatic carbocycles. The van der Waals surface area contributed by atoms with Crippen LogP contribution in [0.2, 0.25) is 0 Å². The first-order valence-electron chi connectivity index (χ1n) is 4.95. The first-order chi connectivity index (χ1) is 6.57. The second-order valence-electron chi connectivity index (χ2n) is 4.28. The van der Waals surface area contributed by atoms with Gasteiger partial charge in [0.05, 0.1) is 16.7 Å². The minimum atomic E-state index is -0.957. The van der Waals surface area contributed by atoms with Crippen LogP contribution in [0.3, 0.4) is 0 Å². The number of hydrogen-bond acceptors (Lipinski definition) is 1. The third-order valence-electron chi connectivity index (χ3n) is 2.94. The van der Waals surface area contributed by atoms with E-state index in [1.54, 1.807) is 13.1 Å². The average Bonchev–Trinajstić information content (AvgIpc) is 2.52. The van der Waals surface area contributed by atoms with E-state index in [9.17, 15) is 4.39 Å². The van der Waals surface area contributed by atoms with Gasteiger partial charge in [-0.1, -0.05) is 0 Å². The fourth-order valence-corrected chi connectivity index (χ4v) is 2.28. The molecule has 0 saturated heterocycles. The molecule has 78 valence electrons. The van der Waals surface area contributed by atoms with Crippen molar-refractivity contribution in [2.75, 3.05) is 0 Å². The van der Waals surface area contributed by atoms with Crippen LogP contribution in [0.5, 0.6) is 0 Å². The van der Waals surface area contributed by atoms with Crippen LogP contribution in [0.4, 0.5) is 4.39 Å². The van der Waals surface area contributed by atoms with Crippen molar-refractivity contribution in [3.05, 3.63) is 16.9 Å².